The molecule has 4 aliphatic carbocycles. The number of hydrogen-bond donors (Lipinski definition) is 1. The molecule has 1 N–H and O–H groups in total. The zero-order valence-electron chi connectivity index (χ0n) is 17.3. The molecule has 4 fully saturated rings. The Morgan fingerprint density at radius 1 is 0.962 bits per heavy atom. The summed E-state index contributed by atoms with van der Waals surface area (Å²) in [5.41, 5.74) is 0.638. The normalized spacial score (nSPS) is 59.0. The highest BCUT2D eigenvalue weighted by Gasteiger charge is 2.72. The van der Waals surface area contributed by atoms with Crippen LogP contribution >= 0.6 is 0 Å². The Morgan fingerprint density at radius 2 is 1.65 bits per heavy atom. The maximum absolute atomic E-state index is 10.3. The highest BCUT2D eigenvalue weighted by Crippen LogP contribution is 2.77. The molecule has 0 spiro atoms. The molecule has 1 unspecified atom stereocenters. The number of nitriles is 1. The maximum atomic E-state index is 10.3. The predicted octanol–water partition coefficient (Wildman–Crippen LogP) is 4.93. The number of aliphatic hydroxyl groups is 1. The van der Waals surface area contributed by atoms with Gasteiger partial charge in [-0.2, -0.15) is 5.26 Å². The molecule has 0 aromatic rings. The fourth-order valence-electron chi connectivity index (χ4n) is 8.69. The van der Waals surface area contributed by atoms with E-state index >= 15 is 0 Å². The topological polar surface area (TPSA) is 53.2 Å². The minimum absolute atomic E-state index is 0.0595. The summed E-state index contributed by atoms with van der Waals surface area (Å²) in [4.78, 5) is 0. The number of methoxy groups -OCH3 is 1. The molecule has 0 saturated heterocycles. The van der Waals surface area contributed by atoms with Crippen molar-refractivity contribution in [1.29, 1.82) is 5.26 Å². The number of ether oxygens (including phenoxy) is 1. The van der Waals surface area contributed by atoms with Crippen LogP contribution in [0.3, 0.4) is 0 Å². The van der Waals surface area contributed by atoms with E-state index in [-0.39, 0.29) is 39.8 Å². The number of fused-ring (bicyclic) bond motifs is 5. The summed E-state index contributed by atoms with van der Waals surface area (Å²) >= 11 is 0. The highest BCUT2D eigenvalue weighted by atomic mass is 16.5. The maximum Gasteiger partial charge on any atom is 0.0661 e. The fraction of sp³-hybridized carbons (Fsp3) is 0.957. The van der Waals surface area contributed by atoms with Gasteiger partial charge in [-0.1, -0.05) is 27.7 Å². The van der Waals surface area contributed by atoms with E-state index in [2.05, 4.69) is 33.8 Å². The number of aliphatic hydroxyl groups excluding tert-OH is 1. The van der Waals surface area contributed by atoms with Crippen molar-refractivity contribution in [2.45, 2.75) is 91.3 Å². The SMILES string of the molecule is COC1C[C@]2(C)[C@@H](C#N)CC[C@@]2(C)[C@@H]2CC[C@H]3C[C@H](O)CC[C@]3(C)[C@@]12C. The Labute approximate surface area is 159 Å². The summed E-state index contributed by atoms with van der Waals surface area (Å²) < 4.78 is 6.24. The molecular formula is C23H37NO2. The van der Waals surface area contributed by atoms with Crippen LogP contribution in [0.2, 0.25) is 0 Å². The van der Waals surface area contributed by atoms with Gasteiger partial charge in [0.25, 0.3) is 0 Å². The molecule has 0 bridgehead atoms. The standard InChI is InChI=1S/C23H37NO2/c1-20-11-9-17(25)12-15(20)6-7-18-21(2)10-8-16(14-24)22(21,3)13-19(26-5)23(18,20)4/h15-19,25H,6-13H2,1-5H3/t15-,16+,17+,18-,19?,20-,21-,22+,23+/m0/s1. The number of hydrogen-bond acceptors (Lipinski definition) is 3. The van der Waals surface area contributed by atoms with Crippen molar-refractivity contribution in [2.75, 3.05) is 7.11 Å². The van der Waals surface area contributed by atoms with Crippen molar-refractivity contribution in [3.8, 4) is 6.07 Å². The van der Waals surface area contributed by atoms with E-state index in [9.17, 15) is 10.4 Å². The van der Waals surface area contributed by atoms with Crippen molar-refractivity contribution >= 4 is 0 Å². The van der Waals surface area contributed by atoms with E-state index < -0.39 is 0 Å². The van der Waals surface area contributed by atoms with Crippen molar-refractivity contribution < 1.29 is 9.84 Å². The zero-order chi connectivity index (χ0) is 19.0. The van der Waals surface area contributed by atoms with Crippen LogP contribution in [0.5, 0.6) is 0 Å². The number of nitrogens with zero attached hydrogens (tertiary/aromatic N) is 1. The lowest BCUT2D eigenvalue weighted by Crippen LogP contribution is -2.68. The second kappa shape index (κ2) is 5.71. The lowest BCUT2D eigenvalue weighted by Gasteiger charge is -2.71. The minimum atomic E-state index is -0.117. The van der Waals surface area contributed by atoms with Crippen LogP contribution in [0.15, 0.2) is 0 Å². The van der Waals surface area contributed by atoms with Crippen molar-refractivity contribution in [3.05, 3.63) is 0 Å². The predicted molar refractivity (Wildman–Crippen MR) is 102 cm³/mol. The molecule has 0 aromatic heterocycles. The lowest BCUT2D eigenvalue weighted by atomic mass is 9.34. The van der Waals surface area contributed by atoms with E-state index in [4.69, 9.17) is 4.74 Å². The molecule has 4 saturated carbocycles. The van der Waals surface area contributed by atoms with Gasteiger partial charge < -0.3 is 9.84 Å². The highest BCUT2D eigenvalue weighted by molar-refractivity contribution is 5.23. The Bertz CT molecular complexity index is 628. The van der Waals surface area contributed by atoms with Gasteiger partial charge in [-0.05, 0) is 79.4 Å². The van der Waals surface area contributed by atoms with E-state index in [0.717, 1.165) is 32.1 Å². The van der Waals surface area contributed by atoms with E-state index in [1.165, 1.54) is 19.3 Å². The largest absolute Gasteiger partial charge is 0.393 e. The molecule has 146 valence electrons. The minimum Gasteiger partial charge on any atom is -0.393 e. The molecule has 0 aliphatic heterocycles. The summed E-state index contributed by atoms with van der Waals surface area (Å²) in [5, 5.41) is 20.2. The van der Waals surface area contributed by atoms with Gasteiger partial charge in [0.15, 0.2) is 0 Å². The summed E-state index contributed by atoms with van der Waals surface area (Å²) in [5.74, 6) is 1.37. The molecule has 0 radical (unpaired) electrons. The quantitative estimate of drug-likeness (QED) is 0.722. The Balaban J connectivity index is 1.83. The van der Waals surface area contributed by atoms with E-state index in [1.807, 2.05) is 7.11 Å². The molecular weight excluding hydrogens is 322 g/mol. The van der Waals surface area contributed by atoms with Gasteiger partial charge in [-0.15, -0.1) is 0 Å². The first-order valence-corrected chi connectivity index (χ1v) is 10.8. The van der Waals surface area contributed by atoms with Gasteiger partial charge in [0.05, 0.1) is 24.2 Å². The first-order valence-electron chi connectivity index (χ1n) is 10.8. The lowest BCUT2D eigenvalue weighted by molar-refractivity contribution is -0.265. The summed E-state index contributed by atoms with van der Waals surface area (Å²) in [7, 11) is 1.89. The third kappa shape index (κ3) is 1.96. The molecule has 26 heavy (non-hydrogen) atoms. The van der Waals surface area contributed by atoms with Crippen LogP contribution in [-0.4, -0.2) is 24.4 Å². The summed E-state index contributed by atoms with van der Waals surface area (Å²) in [6.45, 7) is 9.91. The van der Waals surface area contributed by atoms with Crippen LogP contribution in [-0.2, 0) is 4.74 Å². The third-order valence-corrected chi connectivity index (χ3v) is 10.7. The van der Waals surface area contributed by atoms with Crippen molar-refractivity contribution in [3.63, 3.8) is 0 Å². The molecule has 9 atom stereocenters. The van der Waals surface area contributed by atoms with Crippen molar-refractivity contribution in [2.24, 2.45) is 39.4 Å². The van der Waals surface area contributed by atoms with Crippen LogP contribution in [0.1, 0.15) is 79.1 Å². The molecule has 0 amide bonds. The van der Waals surface area contributed by atoms with Crippen LogP contribution in [0, 0.1) is 50.7 Å². The second-order valence-corrected chi connectivity index (χ2v) is 10.9. The van der Waals surface area contributed by atoms with Gasteiger partial charge in [0.2, 0.25) is 0 Å². The molecule has 0 heterocycles. The molecule has 3 heteroatoms. The van der Waals surface area contributed by atoms with E-state index in [0.29, 0.717) is 11.8 Å². The van der Waals surface area contributed by atoms with Gasteiger partial charge in [0.1, 0.15) is 0 Å². The van der Waals surface area contributed by atoms with Crippen LogP contribution < -0.4 is 0 Å². The van der Waals surface area contributed by atoms with Gasteiger partial charge in [-0.25, -0.2) is 0 Å². The van der Waals surface area contributed by atoms with Gasteiger partial charge >= 0.3 is 0 Å². The summed E-state index contributed by atoms with van der Waals surface area (Å²) in [6.07, 6.45) is 8.80. The third-order valence-electron chi connectivity index (χ3n) is 10.7. The van der Waals surface area contributed by atoms with Crippen LogP contribution in [0.25, 0.3) is 0 Å². The van der Waals surface area contributed by atoms with Crippen molar-refractivity contribution in [1.82, 2.24) is 0 Å². The molecule has 0 aromatic carbocycles. The molecule has 3 nitrogen and oxygen atoms in total. The first kappa shape index (κ1) is 18.8. The zero-order valence-corrected chi connectivity index (χ0v) is 17.3. The Morgan fingerprint density at radius 3 is 2.31 bits per heavy atom. The second-order valence-electron chi connectivity index (χ2n) is 10.9. The average Bonchev–Trinajstić information content (AvgIpc) is 2.86. The molecule has 4 rings (SSSR count). The van der Waals surface area contributed by atoms with E-state index in [1.54, 1.807) is 0 Å². The number of rotatable bonds is 1. The van der Waals surface area contributed by atoms with Gasteiger partial charge in [0, 0.05) is 12.5 Å². The van der Waals surface area contributed by atoms with Gasteiger partial charge in [-0.3, -0.25) is 0 Å². The van der Waals surface area contributed by atoms with Crippen LogP contribution in [0.4, 0.5) is 0 Å². The summed E-state index contributed by atoms with van der Waals surface area (Å²) in [6, 6.07) is 2.66. The molecule has 4 aliphatic rings. The average molecular weight is 360 g/mol. The Hall–Kier alpha value is -0.590. The smallest absolute Gasteiger partial charge is 0.0661 e. The fourth-order valence-corrected chi connectivity index (χ4v) is 8.69. The first-order chi connectivity index (χ1) is 12.2. The Kier molecular flexibility index (Phi) is 4.12. The monoisotopic (exact) mass is 359 g/mol.